The minimum absolute atomic E-state index is 0.641. The Labute approximate surface area is 122 Å². The molecule has 1 aromatic heterocycles. The van der Waals surface area contributed by atoms with Crippen molar-refractivity contribution < 1.29 is 9.47 Å². The second-order valence-electron chi connectivity index (χ2n) is 4.10. The normalized spacial score (nSPS) is 10.7. The van der Waals surface area contributed by atoms with E-state index in [1.165, 1.54) is 4.68 Å². The lowest BCUT2D eigenvalue weighted by atomic mass is 10.2. The zero-order valence-corrected chi connectivity index (χ0v) is 12.4. The third-order valence-electron chi connectivity index (χ3n) is 2.74. The summed E-state index contributed by atoms with van der Waals surface area (Å²) in [6, 6.07) is 7.56. The fraction of sp³-hybridized carbons (Fsp3) is 0.385. The summed E-state index contributed by atoms with van der Waals surface area (Å²) in [4.78, 5) is 0. The monoisotopic (exact) mass is 294 g/mol. The van der Waals surface area contributed by atoms with Gasteiger partial charge < -0.3 is 15.3 Å². The van der Waals surface area contributed by atoms with Crippen molar-refractivity contribution in [2.75, 3.05) is 32.4 Å². The molecular weight excluding hydrogens is 276 g/mol. The molecule has 0 saturated heterocycles. The van der Waals surface area contributed by atoms with Crippen LogP contribution in [-0.2, 0) is 4.74 Å². The van der Waals surface area contributed by atoms with Gasteiger partial charge in [0.15, 0.2) is 5.82 Å². The highest BCUT2D eigenvalue weighted by Gasteiger charge is 2.11. The Bertz CT molecular complexity index is 542. The first kappa shape index (κ1) is 14.7. The van der Waals surface area contributed by atoms with Gasteiger partial charge in [0, 0.05) is 25.0 Å². The van der Waals surface area contributed by atoms with Gasteiger partial charge in [0.2, 0.25) is 5.16 Å². The Hall–Kier alpha value is -1.73. The lowest BCUT2D eigenvalue weighted by Gasteiger charge is -2.04. The lowest BCUT2D eigenvalue weighted by Crippen LogP contribution is -2.11. The quantitative estimate of drug-likeness (QED) is 0.477. The molecule has 0 radical (unpaired) electrons. The van der Waals surface area contributed by atoms with Crippen molar-refractivity contribution in [3.8, 4) is 17.1 Å². The third-order valence-corrected chi connectivity index (χ3v) is 3.77. The molecule has 0 aliphatic rings. The number of rotatable bonds is 7. The molecule has 108 valence electrons. The van der Waals surface area contributed by atoms with Gasteiger partial charge in [0.25, 0.3) is 0 Å². The van der Waals surface area contributed by atoms with E-state index in [0.29, 0.717) is 11.0 Å². The van der Waals surface area contributed by atoms with Crippen molar-refractivity contribution in [2.45, 2.75) is 11.6 Å². The molecule has 2 aromatic rings. The number of ether oxygens (including phenoxy) is 2. The minimum Gasteiger partial charge on any atom is -0.497 e. The van der Waals surface area contributed by atoms with Crippen molar-refractivity contribution in [1.82, 2.24) is 14.9 Å². The van der Waals surface area contributed by atoms with Crippen LogP contribution in [0.4, 0.5) is 0 Å². The van der Waals surface area contributed by atoms with Crippen LogP contribution in [0, 0.1) is 0 Å². The maximum absolute atomic E-state index is 6.03. The molecule has 0 atom stereocenters. The van der Waals surface area contributed by atoms with E-state index in [9.17, 15) is 0 Å². The molecule has 2 rings (SSSR count). The van der Waals surface area contributed by atoms with Crippen LogP contribution in [0.25, 0.3) is 11.4 Å². The Morgan fingerprint density at radius 3 is 2.60 bits per heavy atom. The fourth-order valence-electron chi connectivity index (χ4n) is 1.68. The number of nitrogens with two attached hydrogens (primary N) is 1. The highest BCUT2D eigenvalue weighted by atomic mass is 32.2. The number of aromatic nitrogens is 3. The molecule has 6 nitrogen and oxygen atoms in total. The first-order chi connectivity index (χ1) is 9.76. The molecule has 20 heavy (non-hydrogen) atoms. The zero-order chi connectivity index (χ0) is 14.4. The van der Waals surface area contributed by atoms with Crippen LogP contribution in [-0.4, -0.2) is 41.5 Å². The SMILES string of the molecule is COCCCSc1nnc(-c2ccc(OC)cc2)n1N. The van der Waals surface area contributed by atoms with E-state index in [1.807, 2.05) is 24.3 Å². The molecule has 2 N–H and O–H groups in total. The molecule has 1 aromatic carbocycles. The third kappa shape index (κ3) is 3.43. The molecule has 0 aliphatic heterocycles. The van der Waals surface area contributed by atoms with Gasteiger partial charge in [-0.15, -0.1) is 10.2 Å². The van der Waals surface area contributed by atoms with Gasteiger partial charge in [-0.25, -0.2) is 4.68 Å². The van der Waals surface area contributed by atoms with Gasteiger partial charge in [-0.05, 0) is 30.7 Å². The first-order valence-electron chi connectivity index (χ1n) is 6.23. The summed E-state index contributed by atoms with van der Waals surface area (Å²) >= 11 is 1.57. The molecular formula is C13H18N4O2S. The number of nitrogen functional groups attached to an aromatic ring is 1. The van der Waals surface area contributed by atoms with Gasteiger partial charge >= 0.3 is 0 Å². The van der Waals surface area contributed by atoms with E-state index in [4.69, 9.17) is 15.3 Å². The highest BCUT2D eigenvalue weighted by molar-refractivity contribution is 7.99. The number of hydrogen-bond acceptors (Lipinski definition) is 6. The molecule has 0 fully saturated rings. The average molecular weight is 294 g/mol. The summed E-state index contributed by atoms with van der Waals surface area (Å²) in [5.41, 5.74) is 0.907. The Morgan fingerprint density at radius 2 is 1.95 bits per heavy atom. The molecule has 7 heteroatoms. The van der Waals surface area contributed by atoms with Gasteiger partial charge in [-0.3, -0.25) is 0 Å². The standard InChI is InChI=1S/C13H18N4O2S/c1-18-8-3-9-20-13-16-15-12(17(13)14)10-4-6-11(19-2)7-5-10/h4-7H,3,8-9,14H2,1-2H3. The van der Waals surface area contributed by atoms with E-state index in [0.717, 1.165) is 30.1 Å². The van der Waals surface area contributed by atoms with Crippen LogP contribution in [0.2, 0.25) is 0 Å². The lowest BCUT2D eigenvalue weighted by molar-refractivity contribution is 0.200. The van der Waals surface area contributed by atoms with Crippen LogP contribution < -0.4 is 10.6 Å². The largest absolute Gasteiger partial charge is 0.497 e. The highest BCUT2D eigenvalue weighted by Crippen LogP contribution is 2.23. The van der Waals surface area contributed by atoms with Crippen molar-refractivity contribution in [3.63, 3.8) is 0 Å². The van der Waals surface area contributed by atoms with E-state index in [2.05, 4.69) is 10.2 Å². The van der Waals surface area contributed by atoms with Gasteiger partial charge in [0.05, 0.1) is 7.11 Å². The summed E-state index contributed by atoms with van der Waals surface area (Å²) < 4.78 is 11.6. The number of nitrogens with zero attached hydrogens (tertiary/aromatic N) is 3. The molecule has 0 unspecified atom stereocenters. The second kappa shape index (κ2) is 7.16. The maximum atomic E-state index is 6.03. The summed E-state index contributed by atoms with van der Waals surface area (Å²) in [7, 11) is 3.33. The van der Waals surface area contributed by atoms with E-state index in [-0.39, 0.29) is 0 Å². The zero-order valence-electron chi connectivity index (χ0n) is 11.6. The summed E-state index contributed by atoms with van der Waals surface area (Å²) in [5.74, 6) is 8.36. The van der Waals surface area contributed by atoms with Gasteiger partial charge in [0.1, 0.15) is 5.75 Å². The molecule has 1 heterocycles. The molecule has 0 aliphatic carbocycles. The van der Waals surface area contributed by atoms with Crippen molar-refractivity contribution in [1.29, 1.82) is 0 Å². The Kier molecular flexibility index (Phi) is 5.25. The molecule has 0 bridgehead atoms. The van der Waals surface area contributed by atoms with Crippen LogP contribution >= 0.6 is 11.8 Å². The predicted octanol–water partition coefficient (Wildman–Crippen LogP) is 1.80. The minimum atomic E-state index is 0.641. The Morgan fingerprint density at radius 1 is 1.20 bits per heavy atom. The number of hydrogen-bond donors (Lipinski definition) is 1. The van der Waals surface area contributed by atoms with E-state index in [1.54, 1.807) is 26.0 Å². The number of benzene rings is 1. The number of thioether (sulfide) groups is 1. The molecule has 0 spiro atoms. The summed E-state index contributed by atoms with van der Waals surface area (Å²) in [5, 5.41) is 8.95. The predicted molar refractivity (Wildman–Crippen MR) is 79.4 cm³/mol. The summed E-state index contributed by atoms with van der Waals surface area (Å²) in [6.45, 7) is 0.733. The van der Waals surface area contributed by atoms with Crippen LogP contribution in [0.15, 0.2) is 29.4 Å². The van der Waals surface area contributed by atoms with Crippen LogP contribution in [0.5, 0.6) is 5.75 Å². The van der Waals surface area contributed by atoms with Crippen LogP contribution in [0.1, 0.15) is 6.42 Å². The van der Waals surface area contributed by atoms with Crippen molar-refractivity contribution in [2.24, 2.45) is 0 Å². The van der Waals surface area contributed by atoms with Crippen molar-refractivity contribution in [3.05, 3.63) is 24.3 Å². The van der Waals surface area contributed by atoms with Gasteiger partial charge in [-0.1, -0.05) is 11.8 Å². The Balaban J connectivity index is 2.07. The topological polar surface area (TPSA) is 75.2 Å². The van der Waals surface area contributed by atoms with Crippen LogP contribution in [0.3, 0.4) is 0 Å². The number of methoxy groups -OCH3 is 2. The fourth-order valence-corrected chi connectivity index (χ4v) is 2.45. The average Bonchev–Trinajstić information content (AvgIpc) is 2.85. The molecule has 0 amide bonds. The molecule has 0 saturated carbocycles. The smallest absolute Gasteiger partial charge is 0.210 e. The van der Waals surface area contributed by atoms with E-state index < -0.39 is 0 Å². The summed E-state index contributed by atoms with van der Waals surface area (Å²) in [6.07, 6.45) is 0.950. The van der Waals surface area contributed by atoms with E-state index >= 15 is 0 Å². The van der Waals surface area contributed by atoms with Gasteiger partial charge in [-0.2, -0.15) is 0 Å². The second-order valence-corrected chi connectivity index (χ2v) is 5.16. The maximum Gasteiger partial charge on any atom is 0.210 e. The first-order valence-corrected chi connectivity index (χ1v) is 7.21. The van der Waals surface area contributed by atoms with Crippen molar-refractivity contribution >= 4 is 11.8 Å².